The summed E-state index contributed by atoms with van der Waals surface area (Å²) in [7, 11) is 0. The third-order valence-electron chi connectivity index (χ3n) is 1.60. The van der Waals surface area contributed by atoms with Crippen molar-refractivity contribution in [1.29, 1.82) is 0 Å². The molecule has 0 saturated carbocycles. The normalized spacial score (nSPS) is 11.0. The number of thiocarbonyl (C=S) groups is 1. The zero-order valence-corrected chi connectivity index (χ0v) is 8.45. The van der Waals surface area contributed by atoms with Crippen LogP contribution in [0.2, 0.25) is 0 Å². The van der Waals surface area contributed by atoms with Gasteiger partial charge in [0.15, 0.2) is 0 Å². The molecule has 0 fully saturated rings. The summed E-state index contributed by atoms with van der Waals surface area (Å²) >= 11 is 4.84. The van der Waals surface area contributed by atoms with Gasteiger partial charge < -0.3 is 5.73 Å². The van der Waals surface area contributed by atoms with Crippen molar-refractivity contribution in [3.8, 4) is 0 Å². The summed E-state index contributed by atoms with van der Waals surface area (Å²) in [5.41, 5.74) is 5.45. The first-order valence-corrected chi connectivity index (χ1v) is 4.51. The highest BCUT2D eigenvalue weighted by molar-refractivity contribution is 7.80. The zero-order valence-electron chi connectivity index (χ0n) is 7.63. The molecule has 0 saturated heterocycles. The number of hydrogen-bond acceptors (Lipinski definition) is 2. The van der Waals surface area contributed by atoms with Crippen molar-refractivity contribution in [3.63, 3.8) is 0 Å². The Morgan fingerprint density at radius 2 is 2.09 bits per heavy atom. The predicted octanol–water partition coefficient (Wildman–Crippen LogP) is 1.39. The highest BCUT2D eigenvalue weighted by Gasteiger charge is 2.07. The first-order valence-electron chi connectivity index (χ1n) is 4.10. The van der Waals surface area contributed by atoms with E-state index in [9.17, 15) is 0 Å². The van der Waals surface area contributed by atoms with E-state index in [1.165, 1.54) is 0 Å². The second-order valence-corrected chi connectivity index (χ2v) is 3.55. The van der Waals surface area contributed by atoms with E-state index < -0.39 is 0 Å². The minimum absolute atomic E-state index is 0.538. The molecule has 3 heteroatoms. The third-order valence-corrected chi connectivity index (χ3v) is 1.73. The van der Waals surface area contributed by atoms with Gasteiger partial charge in [-0.05, 0) is 26.8 Å². The average Bonchev–Trinajstić information content (AvgIpc) is 1.86. The van der Waals surface area contributed by atoms with Crippen molar-refractivity contribution < 1.29 is 0 Å². The maximum atomic E-state index is 5.45. The Bertz CT molecular complexity index is 123. The molecule has 0 radical (unpaired) electrons. The van der Waals surface area contributed by atoms with Gasteiger partial charge in [-0.25, -0.2) is 0 Å². The molecule has 0 bridgehead atoms. The second kappa shape index (κ2) is 5.49. The van der Waals surface area contributed by atoms with Crippen molar-refractivity contribution in [1.82, 2.24) is 4.90 Å². The molecular weight excluding hydrogens is 156 g/mol. The fraction of sp³-hybridized carbons (Fsp3) is 0.875. The minimum atomic E-state index is 0.538. The maximum Gasteiger partial charge on any atom is 0.0870 e. The number of rotatable bonds is 5. The molecule has 0 aromatic carbocycles. The van der Waals surface area contributed by atoms with E-state index in [1.807, 2.05) is 0 Å². The van der Waals surface area contributed by atoms with Crippen LogP contribution in [0.25, 0.3) is 0 Å². The molecule has 0 aromatic rings. The molecule has 66 valence electrons. The van der Waals surface area contributed by atoms with Gasteiger partial charge in [0.1, 0.15) is 0 Å². The summed E-state index contributed by atoms with van der Waals surface area (Å²) in [6.07, 6.45) is 1.15. The molecule has 0 aromatic heterocycles. The summed E-state index contributed by atoms with van der Waals surface area (Å²) in [5, 5.41) is 0. The van der Waals surface area contributed by atoms with Crippen molar-refractivity contribution in [3.05, 3.63) is 0 Å². The van der Waals surface area contributed by atoms with Crippen LogP contribution < -0.4 is 5.73 Å². The summed E-state index contributed by atoms with van der Waals surface area (Å²) in [6.45, 7) is 8.31. The SMILES string of the molecule is CCCN(CC(N)=S)C(C)C. The molecule has 2 N–H and O–H groups in total. The second-order valence-electron chi connectivity index (χ2n) is 3.03. The van der Waals surface area contributed by atoms with Gasteiger partial charge in [-0.3, -0.25) is 4.90 Å². The molecule has 0 aliphatic heterocycles. The van der Waals surface area contributed by atoms with E-state index in [0.717, 1.165) is 19.5 Å². The topological polar surface area (TPSA) is 29.3 Å². The quantitative estimate of drug-likeness (QED) is 0.639. The number of nitrogens with two attached hydrogens (primary N) is 1. The van der Waals surface area contributed by atoms with Crippen LogP contribution in [-0.4, -0.2) is 29.0 Å². The van der Waals surface area contributed by atoms with Crippen LogP contribution in [0.5, 0.6) is 0 Å². The Morgan fingerprint density at radius 1 is 1.55 bits per heavy atom. The third kappa shape index (κ3) is 5.16. The van der Waals surface area contributed by atoms with Gasteiger partial charge in [0, 0.05) is 12.6 Å². The maximum absolute atomic E-state index is 5.45. The molecule has 11 heavy (non-hydrogen) atoms. The van der Waals surface area contributed by atoms with Gasteiger partial charge in [-0.15, -0.1) is 0 Å². The summed E-state index contributed by atoms with van der Waals surface area (Å²) < 4.78 is 0. The Labute approximate surface area is 74.8 Å². The summed E-state index contributed by atoms with van der Waals surface area (Å²) in [4.78, 5) is 2.87. The standard InChI is InChI=1S/C8H18N2S/c1-4-5-10(7(2)3)6-8(9)11/h7H,4-6H2,1-3H3,(H2,9,11). The van der Waals surface area contributed by atoms with E-state index in [4.69, 9.17) is 18.0 Å². The lowest BCUT2D eigenvalue weighted by molar-refractivity contribution is 0.254. The highest BCUT2D eigenvalue weighted by Crippen LogP contribution is 1.98. The van der Waals surface area contributed by atoms with Gasteiger partial charge in [0.05, 0.1) is 4.99 Å². The monoisotopic (exact) mass is 174 g/mol. The molecule has 0 unspecified atom stereocenters. The molecule has 2 nitrogen and oxygen atoms in total. The van der Waals surface area contributed by atoms with Crippen LogP contribution in [0.1, 0.15) is 27.2 Å². The van der Waals surface area contributed by atoms with E-state index >= 15 is 0 Å². The Hall–Kier alpha value is -0.150. The summed E-state index contributed by atoms with van der Waals surface area (Å²) in [6, 6.07) is 0.538. The lowest BCUT2D eigenvalue weighted by Gasteiger charge is -2.24. The molecule has 0 amide bonds. The first-order chi connectivity index (χ1) is 5.07. The van der Waals surface area contributed by atoms with Crippen molar-refractivity contribution in [2.45, 2.75) is 33.2 Å². The van der Waals surface area contributed by atoms with Crippen LogP contribution in [0.15, 0.2) is 0 Å². The van der Waals surface area contributed by atoms with Gasteiger partial charge >= 0.3 is 0 Å². The Kier molecular flexibility index (Phi) is 5.42. The van der Waals surface area contributed by atoms with Crippen LogP contribution in [0.4, 0.5) is 0 Å². The molecule has 0 atom stereocenters. The van der Waals surface area contributed by atoms with Gasteiger partial charge in [-0.1, -0.05) is 19.1 Å². The molecule has 0 rings (SSSR count). The highest BCUT2D eigenvalue weighted by atomic mass is 32.1. The van der Waals surface area contributed by atoms with Gasteiger partial charge in [0.25, 0.3) is 0 Å². The van der Waals surface area contributed by atoms with Crippen LogP contribution in [0, 0.1) is 0 Å². The van der Waals surface area contributed by atoms with E-state index in [2.05, 4.69) is 25.7 Å². The molecule has 0 aliphatic carbocycles. The number of nitrogens with zero attached hydrogens (tertiary/aromatic N) is 1. The van der Waals surface area contributed by atoms with Gasteiger partial charge in [0.2, 0.25) is 0 Å². The largest absolute Gasteiger partial charge is 0.392 e. The first kappa shape index (κ1) is 10.8. The lowest BCUT2D eigenvalue weighted by Crippen LogP contribution is -2.38. The fourth-order valence-electron chi connectivity index (χ4n) is 1.01. The van der Waals surface area contributed by atoms with Gasteiger partial charge in [-0.2, -0.15) is 0 Å². The Balaban J connectivity index is 3.79. The molecule has 0 heterocycles. The van der Waals surface area contributed by atoms with Crippen LogP contribution in [0.3, 0.4) is 0 Å². The molecule has 0 spiro atoms. The molecule has 0 aliphatic rings. The number of hydrogen-bond donors (Lipinski definition) is 1. The van der Waals surface area contributed by atoms with E-state index in [0.29, 0.717) is 11.0 Å². The predicted molar refractivity (Wildman–Crippen MR) is 53.8 cm³/mol. The van der Waals surface area contributed by atoms with Crippen LogP contribution in [-0.2, 0) is 0 Å². The smallest absolute Gasteiger partial charge is 0.0870 e. The van der Waals surface area contributed by atoms with E-state index in [1.54, 1.807) is 0 Å². The minimum Gasteiger partial charge on any atom is -0.392 e. The van der Waals surface area contributed by atoms with Crippen molar-refractivity contribution in [2.75, 3.05) is 13.1 Å². The van der Waals surface area contributed by atoms with Crippen LogP contribution >= 0.6 is 12.2 Å². The van der Waals surface area contributed by atoms with Crippen molar-refractivity contribution >= 4 is 17.2 Å². The summed E-state index contributed by atoms with van der Waals surface area (Å²) in [5.74, 6) is 0. The van der Waals surface area contributed by atoms with E-state index in [-0.39, 0.29) is 0 Å². The Morgan fingerprint density at radius 3 is 2.36 bits per heavy atom. The molecular formula is C8H18N2S. The van der Waals surface area contributed by atoms with Crippen molar-refractivity contribution in [2.24, 2.45) is 5.73 Å². The zero-order chi connectivity index (χ0) is 8.85. The lowest BCUT2D eigenvalue weighted by atomic mass is 10.3. The average molecular weight is 174 g/mol. The fourth-order valence-corrected chi connectivity index (χ4v) is 1.17.